The van der Waals surface area contributed by atoms with Gasteiger partial charge in [0.1, 0.15) is 0 Å². The normalized spacial score (nSPS) is 19.7. The van der Waals surface area contributed by atoms with Gasteiger partial charge in [0.05, 0.1) is 11.6 Å². The maximum atomic E-state index is 12.6. The Morgan fingerprint density at radius 3 is 2.89 bits per heavy atom. The number of pyridine rings is 1. The lowest BCUT2D eigenvalue weighted by atomic mass is 10.0. The van der Waals surface area contributed by atoms with E-state index in [1.54, 1.807) is 0 Å². The largest absolute Gasteiger partial charge is 0.454 e. The highest BCUT2D eigenvalue weighted by Gasteiger charge is 2.29. The first-order chi connectivity index (χ1) is 13.2. The van der Waals surface area contributed by atoms with Crippen LogP contribution in [0, 0.1) is 6.92 Å². The zero-order valence-electron chi connectivity index (χ0n) is 15.0. The summed E-state index contributed by atoms with van der Waals surface area (Å²) in [5, 5.41) is 4.85. The van der Waals surface area contributed by atoms with Crippen LogP contribution in [0.15, 0.2) is 27.5 Å². The highest BCUT2D eigenvalue weighted by Crippen LogP contribution is 2.36. The van der Waals surface area contributed by atoms with Gasteiger partial charge in [-0.2, -0.15) is 4.98 Å². The lowest BCUT2D eigenvalue weighted by Crippen LogP contribution is -2.35. The maximum Gasteiger partial charge on any atom is 0.252 e. The van der Waals surface area contributed by atoms with Crippen molar-refractivity contribution in [2.45, 2.75) is 38.8 Å². The molecule has 8 heteroatoms. The number of piperidine rings is 1. The number of H-pyrrole nitrogens is 1. The number of nitrogens with zero attached hydrogens (tertiary/aromatic N) is 3. The van der Waals surface area contributed by atoms with E-state index < -0.39 is 0 Å². The molecule has 0 bridgehead atoms. The van der Waals surface area contributed by atoms with E-state index in [1.165, 1.54) is 0 Å². The summed E-state index contributed by atoms with van der Waals surface area (Å²) in [5.74, 6) is 2.63. The van der Waals surface area contributed by atoms with Crippen LogP contribution in [-0.4, -0.2) is 33.4 Å². The lowest BCUT2D eigenvalue weighted by Gasteiger charge is -2.33. The number of aryl methyl sites for hydroxylation is 1. The van der Waals surface area contributed by atoms with Crippen molar-refractivity contribution in [1.29, 1.82) is 0 Å². The van der Waals surface area contributed by atoms with E-state index in [0.717, 1.165) is 36.7 Å². The van der Waals surface area contributed by atoms with Crippen molar-refractivity contribution in [2.24, 2.45) is 0 Å². The van der Waals surface area contributed by atoms with Crippen LogP contribution >= 0.6 is 0 Å². The molecule has 4 heterocycles. The van der Waals surface area contributed by atoms with E-state index in [2.05, 4.69) is 20.0 Å². The zero-order valence-corrected chi connectivity index (χ0v) is 15.0. The summed E-state index contributed by atoms with van der Waals surface area (Å²) < 4.78 is 16.2. The predicted molar refractivity (Wildman–Crippen MR) is 96.7 cm³/mol. The fourth-order valence-corrected chi connectivity index (χ4v) is 3.89. The van der Waals surface area contributed by atoms with Gasteiger partial charge in [-0.1, -0.05) is 11.6 Å². The molecular formula is C19H20N4O4. The number of likely N-dealkylation sites (tertiary alicyclic amines) is 1. The van der Waals surface area contributed by atoms with Crippen molar-refractivity contribution >= 4 is 10.9 Å². The molecule has 2 aromatic heterocycles. The maximum absolute atomic E-state index is 12.6. The van der Waals surface area contributed by atoms with Gasteiger partial charge >= 0.3 is 0 Å². The molecule has 8 nitrogen and oxygen atoms in total. The molecule has 0 amide bonds. The quantitative estimate of drug-likeness (QED) is 0.759. The molecule has 5 rings (SSSR count). The molecule has 1 unspecified atom stereocenters. The van der Waals surface area contributed by atoms with Crippen molar-refractivity contribution in [3.05, 3.63) is 45.8 Å². The highest BCUT2D eigenvalue weighted by molar-refractivity contribution is 5.83. The molecule has 2 aliphatic heterocycles. The van der Waals surface area contributed by atoms with Gasteiger partial charge in [0.15, 0.2) is 17.3 Å². The monoisotopic (exact) mass is 368 g/mol. The Balaban J connectivity index is 1.48. The molecule has 0 aliphatic carbocycles. The van der Waals surface area contributed by atoms with Crippen molar-refractivity contribution in [2.75, 3.05) is 13.3 Å². The van der Waals surface area contributed by atoms with Gasteiger partial charge in [-0.3, -0.25) is 9.69 Å². The van der Waals surface area contributed by atoms with Crippen molar-refractivity contribution in [3.63, 3.8) is 0 Å². The molecule has 0 radical (unpaired) electrons. The molecular weight excluding hydrogens is 348 g/mol. The average Bonchev–Trinajstić information content (AvgIpc) is 3.29. The zero-order chi connectivity index (χ0) is 18.4. The molecule has 0 saturated carbocycles. The number of hydrogen-bond acceptors (Lipinski definition) is 7. The van der Waals surface area contributed by atoms with Gasteiger partial charge in [-0.05, 0) is 38.4 Å². The van der Waals surface area contributed by atoms with Crippen LogP contribution in [0.25, 0.3) is 10.9 Å². The topological polar surface area (TPSA) is 93.5 Å². The number of ether oxygens (including phenoxy) is 2. The minimum Gasteiger partial charge on any atom is -0.454 e. The first-order valence-electron chi connectivity index (χ1n) is 9.17. The van der Waals surface area contributed by atoms with Crippen molar-refractivity contribution < 1.29 is 14.0 Å². The summed E-state index contributed by atoms with van der Waals surface area (Å²) in [6.45, 7) is 3.46. The second-order valence-corrected chi connectivity index (χ2v) is 7.08. The molecule has 140 valence electrons. The summed E-state index contributed by atoms with van der Waals surface area (Å²) in [7, 11) is 0. The third-order valence-corrected chi connectivity index (χ3v) is 5.23. The van der Waals surface area contributed by atoms with Crippen LogP contribution in [0.5, 0.6) is 11.5 Å². The molecule has 1 atom stereocenters. The van der Waals surface area contributed by atoms with Crippen LogP contribution in [-0.2, 0) is 6.54 Å². The number of rotatable bonds is 3. The second kappa shape index (κ2) is 6.38. The third-order valence-electron chi connectivity index (χ3n) is 5.23. The van der Waals surface area contributed by atoms with Crippen LogP contribution in [0.2, 0.25) is 0 Å². The Kier molecular flexibility index (Phi) is 3.86. The average molecular weight is 368 g/mol. The van der Waals surface area contributed by atoms with Crippen molar-refractivity contribution in [1.82, 2.24) is 20.0 Å². The molecule has 27 heavy (non-hydrogen) atoms. The Labute approximate surface area is 155 Å². The van der Waals surface area contributed by atoms with Gasteiger partial charge in [0.25, 0.3) is 5.56 Å². The van der Waals surface area contributed by atoms with E-state index in [1.807, 2.05) is 25.1 Å². The number of benzene rings is 1. The summed E-state index contributed by atoms with van der Waals surface area (Å²) in [6, 6.07) is 5.70. The Morgan fingerprint density at radius 2 is 2.07 bits per heavy atom. The number of hydrogen-bond donors (Lipinski definition) is 1. The summed E-state index contributed by atoms with van der Waals surface area (Å²) >= 11 is 0. The summed E-state index contributed by atoms with van der Waals surface area (Å²) in [5.41, 5.74) is 1.37. The molecule has 2 aliphatic rings. The molecule has 0 spiro atoms. The van der Waals surface area contributed by atoms with Crippen LogP contribution in [0.4, 0.5) is 0 Å². The van der Waals surface area contributed by atoms with Crippen LogP contribution in [0.1, 0.15) is 42.6 Å². The standard InChI is InChI=1S/C19H20N4O4/c1-11-20-19(27-22-11)15-4-2-3-5-23(15)9-13-6-12-7-16-17(26-10-25-16)8-14(12)21-18(13)24/h6-8,15H,2-5,9-10H2,1H3,(H,21,24). The van der Waals surface area contributed by atoms with E-state index in [0.29, 0.717) is 35.3 Å². The van der Waals surface area contributed by atoms with E-state index in [9.17, 15) is 4.79 Å². The first-order valence-corrected chi connectivity index (χ1v) is 9.17. The molecule has 3 aromatic rings. The fraction of sp³-hybridized carbons (Fsp3) is 0.421. The van der Waals surface area contributed by atoms with Gasteiger partial charge in [0.2, 0.25) is 12.7 Å². The first kappa shape index (κ1) is 16.3. The minimum atomic E-state index is -0.0904. The SMILES string of the molecule is Cc1noc(C2CCCCN2Cc2cc3cc4c(cc3[nH]c2=O)OCO4)n1. The van der Waals surface area contributed by atoms with E-state index in [-0.39, 0.29) is 18.4 Å². The number of aromatic amines is 1. The van der Waals surface area contributed by atoms with Gasteiger partial charge < -0.3 is 19.0 Å². The van der Waals surface area contributed by atoms with Gasteiger partial charge in [-0.25, -0.2) is 0 Å². The predicted octanol–water partition coefficient (Wildman–Crippen LogP) is 2.68. The number of aromatic nitrogens is 3. The second-order valence-electron chi connectivity index (χ2n) is 7.08. The fourth-order valence-electron chi connectivity index (χ4n) is 3.89. The van der Waals surface area contributed by atoms with E-state index in [4.69, 9.17) is 14.0 Å². The Bertz CT molecular complexity index is 1060. The Hall–Kier alpha value is -2.87. The summed E-state index contributed by atoms with van der Waals surface area (Å²) in [6.07, 6.45) is 3.15. The molecule has 1 N–H and O–H groups in total. The van der Waals surface area contributed by atoms with Gasteiger partial charge in [0, 0.05) is 23.6 Å². The minimum absolute atomic E-state index is 0.0480. The highest BCUT2D eigenvalue weighted by atomic mass is 16.7. The number of fused-ring (bicyclic) bond motifs is 2. The lowest BCUT2D eigenvalue weighted by molar-refractivity contribution is 0.111. The van der Waals surface area contributed by atoms with Gasteiger partial charge in [-0.15, -0.1) is 0 Å². The van der Waals surface area contributed by atoms with Crippen LogP contribution < -0.4 is 15.0 Å². The smallest absolute Gasteiger partial charge is 0.252 e. The molecule has 1 aromatic carbocycles. The molecule has 1 fully saturated rings. The number of nitrogens with one attached hydrogen (secondary N) is 1. The van der Waals surface area contributed by atoms with Crippen molar-refractivity contribution in [3.8, 4) is 11.5 Å². The van der Waals surface area contributed by atoms with E-state index >= 15 is 0 Å². The third kappa shape index (κ3) is 2.95. The molecule has 1 saturated heterocycles. The van der Waals surface area contributed by atoms with Crippen LogP contribution in [0.3, 0.4) is 0 Å². The Morgan fingerprint density at radius 1 is 1.22 bits per heavy atom. The summed E-state index contributed by atoms with van der Waals surface area (Å²) in [4.78, 5) is 22.3.